The first-order chi connectivity index (χ1) is 12.9. The van der Waals surface area contributed by atoms with Crippen LogP contribution in [0.25, 0.3) is 0 Å². The Labute approximate surface area is 168 Å². The highest BCUT2D eigenvalue weighted by atomic mass is 35.5. The van der Waals surface area contributed by atoms with Crippen molar-refractivity contribution in [1.82, 2.24) is 5.32 Å². The van der Waals surface area contributed by atoms with Gasteiger partial charge in [0.15, 0.2) is 5.17 Å². The van der Waals surface area contributed by atoms with Gasteiger partial charge in [0, 0.05) is 17.7 Å². The third-order valence-electron chi connectivity index (χ3n) is 3.65. The van der Waals surface area contributed by atoms with Gasteiger partial charge < -0.3 is 5.32 Å². The van der Waals surface area contributed by atoms with Crippen LogP contribution in [0.5, 0.6) is 0 Å². The lowest BCUT2D eigenvalue weighted by Gasteiger charge is -2.08. The summed E-state index contributed by atoms with van der Waals surface area (Å²) in [6.07, 6.45) is 1.79. The number of hydrogen-bond donors (Lipinski definition) is 1. The van der Waals surface area contributed by atoms with E-state index in [-0.39, 0.29) is 11.6 Å². The fourth-order valence-electron chi connectivity index (χ4n) is 2.36. The maximum atomic E-state index is 12.1. The van der Waals surface area contributed by atoms with Crippen molar-refractivity contribution >= 4 is 57.9 Å². The number of carbonyl (C=O) groups is 1. The second kappa shape index (κ2) is 8.51. The summed E-state index contributed by atoms with van der Waals surface area (Å²) in [6, 6.07) is 11.3. The van der Waals surface area contributed by atoms with Crippen LogP contribution in [0.3, 0.4) is 0 Å². The molecule has 2 aromatic rings. The fraction of sp³-hybridized carbons (Fsp3) is 0.118. The van der Waals surface area contributed by atoms with Gasteiger partial charge in [0.05, 0.1) is 26.4 Å². The van der Waals surface area contributed by atoms with Gasteiger partial charge in [0.25, 0.3) is 5.69 Å². The van der Waals surface area contributed by atoms with Crippen molar-refractivity contribution in [3.63, 3.8) is 0 Å². The molecule has 0 aliphatic carbocycles. The molecule has 1 saturated heterocycles. The van der Waals surface area contributed by atoms with E-state index in [0.29, 0.717) is 27.2 Å². The smallest absolute Gasteiger partial charge is 0.270 e. The Kier molecular flexibility index (Phi) is 6.10. The summed E-state index contributed by atoms with van der Waals surface area (Å²) in [5, 5.41) is 22.1. The fourth-order valence-corrected chi connectivity index (χ4v) is 3.71. The number of halogens is 2. The minimum atomic E-state index is -0.484. The van der Waals surface area contributed by atoms with Gasteiger partial charge in [0.1, 0.15) is 0 Å². The lowest BCUT2D eigenvalue weighted by Crippen LogP contribution is -2.26. The molecule has 3 rings (SSSR count). The van der Waals surface area contributed by atoms with E-state index < -0.39 is 10.2 Å². The molecule has 1 amide bonds. The number of rotatable bonds is 5. The molecule has 1 aliphatic rings. The monoisotopic (exact) mass is 422 g/mol. The Balaban J connectivity index is 1.67. The van der Waals surface area contributed by atoms with E-state index in [4.69, 9.17) is 23.2 Å². The first kappa shape index (κ1) is 19.3. The molecule has 0 unspecified atom stereocenters. The van der Waals surface area contributed by atoms with Crippen LogP contribution >= 0.6 is 35.0 Å². The van der Waals surface area contributed by atoms with E-state index in [1.165, 1.54) is 30.1 Å². The predicted molar refractivity (Wildman–Crippen MR) is 108 cm³/mol. The molecule has 7 nitrogen and oxygen atoms in total. The van der Waals surface area contributed by atoms with E-state index in [2.05, 4.69) is 15.5 Å². The first-order valence-corrected chi connectivity index (χ1v) is 9.33. The topological polar surface area (TPSA) is 97.0 Å². The number of nitro benzene ring substituents is 1. The van der Waals surface area contributed by atoms with Crippen molar-refractivity contribution in [2.24, 2.45) is 10.2 Å². The number of benzene rings is 2. The van der Waals surface area contributed by atoms with Gasteiger partial charge in [0.2, 0.25) is 5.91 Å². The SMILES string of the molecule is O=C1N/C(=N/N=C\c2cccc([N+](=O)[O-])c2)S[C@@H]1Cc1cccc(Cl)c1Cl. The third kappa shape index (κ3) is 4.85. The number of amidine groups is 1. The molecule has 1 heterocycles. The number of nitrogens with zero attached hydrogens (tertiary/aromatic N) is 3. The summed E-state index contributed by atoms with van der Waals surface area (Å²) < 4.78 is 0. The average Bonchev–Trinajstić information content (AvgIpc) is 2.98. The maximum Gasteiger partial charge on any atom is 0.270 e. The molecule has 138 valence electrons. The van der Waals surface area contributed by atoms with Gasteiger partial charge in [-0.3, -0.25) is 14.9 Å². The van der Waals surface area contributed by atoms with Gasteiger partial charge in [-0.1, -0.05) is 59.2 Å². The zero-order valence-corrected chi connectivity index (χ0v) is 16.0. The normalized spacial score (nSPS) is 18.2. The van der Waals surface area contributed by atoms with Crippen LogP contribution in [0.1, 0.15) is 11.1 Å². The number of nitrogens with one attached hydrogen (secondary N) is 1. The number of non-ortho nitro benzene ring substituents is 1. The number of hydrogen-bond acceptors (Lipinski definition) is 6. The van der Waals surface area contributed by atoms with E-state index in [1.807, 2.05) is 6.07 Å². The van der Waals surface area contributed by atoms with Crippen LogP contribution in [0.15, 0.2) is 52.7 Å². The molecule has 2 aromatic carbocycles. The van der Waals surface area contributed by atoms with E-state index >= 15 is 0 Å². The van der Waals surface area contributed by atoms with Gasteiger partial charge in [-0.15, -0.1) is 5.10 Å². The van der Waals surface area contributed by atoms with Gasteiger partial charge in [-0.2, -0.15) is 5.10 Å². The van der Waals surface area contributed by atoms with E-state index in [0.717, 1.165) is 5.56 Å². The van der Waals surface area contributed by atoms with Crippen molar-refractivity contribution < 1.29 is 9.72 Å². The highest BCUT2D eigenvalue weighted by Crippen LogP contribution is 2.30. The van der Waals surface area contributed by atoms with Crippen LogP contribution in [0.4, 0.5) is 5.69 Å². The van der Waals surface area contributed by atoms with Gasteiger partial charge in [-0.25, -0.2) is 0 Å². The second-order valence-electron chi connectivity index (χ2n) is 5.51. The average molecular weight is 423 g/mol. The molecular formula is C17H12Cl2N4O3S. The standard InChI is InChI=1S/C17H12Cl2N4O3S/c18-13-6-2-4-11(15(13)19)8-14-16(24)21-17(27-14)22-20-9-10-3-1-5-12(7-10)23(25)26/h1-7,9,14H,8H2,(H,21,22,24)/b20-9-/t14-/m1/s1. The Bertz CT molecular complexity index is 965. The van der Waals surface area contributed by atoms with Crippen LogP contribution in [-0.2, 0) is 11.2 Å². The quantitative estimate of drug-likeness (QED) is 0.446. The zero-order chi connectivity index (χ0) is 19.4. The summed E-state index contributed by atoms with van der Waals surface area (Å²) in [5.74, 6) is -0.194. The maximum absolute atomic E-state index is 12.1. The predicted octanol–water partition coefficient (Wildman–Crippen LogP) is 4.07. The Morgan fingerprint density at radius 2 is 2.04 bits per heavy atom. The summed E-state index contributed by atoms with van der Waals surface area (Å²) in [7, 11) is 0. The minimum Gasteiger partial charge on any atom is -0.303 e. The lowest BCUT2D eigenvalue weighted by molar-refractivity contribution is -0.384. The highest BCUT2D eigenvalue weighted by molar-refractivity contribution is 8.15. The van der Waals surface area contributed by atoms with Gasteiger partial charge in [-0.05, 0) is 18.1 Å². The number of carbonyl (C=O) groups excluding carboxylic acids is 1. The van der Waals surface area contributed by atoms with Crippen molar-refractivity contribution in [2.45, 2.75) is 11.7 Å². The van der Waals surface area contributed by atoms with Crippen LogP contribution in [0, 0.1) is 10.1 Å². The molecular weight excluding hydrogens is 411 g/mol. The largest absolute Gasteiger partial charge is 0.303 e. The van der Waals surface area contributed by atoms with Crippen molar-refractivity contribution in [2.75, 3.05) is 0 Å². The van der Waals surface area contributed by atoms with Gasteiger partial charge >= 0.3 is 0 Å². The second-order valence-corrected chi connectivity index (χ2v) is 7.49. The van der Waals surface area contributed by atoms with Crippen molar-refractivity contribution in [1.29, 1.82) is 0 Å². The summed E-state index contributed by atoms with van der Waals surface area (Å²) >= 11 is 13.4. The molecule has 0 bridgehead atoms. The van der Waals surface area contributed by atoms with Crippen LogP contribution in [0.2, 0.25) is 10.0 Å². The molecule has 10 heteroatoms. The molecule has 27 heavy (non-hydrogen) atoms. The molecule has 0 saturated carbocycles. The lowest BCUT2D eigenvalue weighted by atomic mass is 10.1. The molecule has 0 radical (unpaired) electrons. The minimum absolute atomic E-state index is 0.0337. The molecule has 1 N–H and O–H groups in total. The summed E-state index contributed by atoms with van der Waals surface area (Å²) in [4.78, 5) is 22.4. The Morgan fingerprint density at radius 3 is 2.81 bits per heavy atom. The van der Waals surface area contributed by atoms with Crippen LogP contribution < -0.4 is 5.32 Å². The number of amides is 1. The Morgan fingerprint density at radius 1 is 1.26 bits per heavy atom. The third-order valence-corrected chi connectivity index (χ3v) is 5.58. The van der Waals surface area contributed by atoms with Crippen molar-refractivity contribution in [3.8, 4) is 0 Å². The molecule has 1 fully saturated rings. The van der Waals surface area contributed by atoms with Crippen LogP contribution in [-0.4, -0.2) is 27.5 Å². The van der Waals surface area contributed by atoms with E-state index in [9.17, 15) is 14.9 Å². The summed E-state index contributed by atoms with van der Waals surface area (Å²) in [5.41, 5.74) is 1.27. The van der Waals surface area contributed by atoms with E-state index in [1.54, 1.807) is 24.3 Å². The molecule has 1 aliphatic heterocycles. The summed E-state index contributed by atoms with van der Waals surface area (Å²) in [6.45, 7) is 0. The molecule has 1 atom stereocenters. The molecule has 0 aromatic heterocycles. The zero-order valence-electron chi connectivity index (χ0n) is 13.6. The number of thioether (sulfide) groups is 1. The first-order valence-electron chi connectivity index (χ1n) is 7.70. The number of nitro groups is 1. The highest BCUT2D eigenvalue weighted by Gasteiger charge is 2.31. The van der Waals surface area contributed by atoms with Crippen molar-refractivity contribution in [3.05, 3.63) is 73.8 Å². The molecule has 0 spiro atoms. The Hall–Kier alpha value is -2.42.